The molecule has 20 heavy (non-hydrogen) atoms. The number of pyridine rings is 1. The van der Waals surface area contributed by atoms with E-state index < -0.39 is 0 Å². The van der Waals surface area contributed by atoms with Crippen molar-refractivity contribution in [2.24, 2.45) is 0 Å². The Kier molecular flexibility index (Phi) is 3.65. The average molecular weight is 303 g/mol. The fourth-order valence-electron chi connectivity index (χ4n) is 2.77. The van der Waals surface area contributed by atoms with Gasteiger partial charge in [-0.3, -0.25) is 0 Å². The summed E-state index contributed by atoms with van der Waals surface area (Å²) in [6, 6.07) is 9.76. The van der Waals surface area contributed by atoms with Crippen LogP contribution in [0.1, 0.15) is 29.7 Å². The van der Waals surface area contributed by atoms with E-state index >= 15 is 0 Å². The van der Waals surface area contributed by atoms with E-state index in [9.17, 15) is 5.26 Å². The SMILES string of the molecule is N#Cc1c(Cl)nc2c(c1-c1ccccc1Cl)CCCC2. The molecule has 1 aromatic carbocycles. The Morgan fingerprint density at radius 3 is 2.60 bits per heavy atom. The number of aryl methyl sites for hydroxylation is 1. The first kappa shape index (κ1) is 13.4. The molecule has 2 nitrogen and oxygen atoms in total. The lowest BCUT2D eigenvalue weighted by atomic mass is 9.87. The number of hydrogen-bond acceptors (Lipinski definition) is 2. The van der Waals surface area contributed by atoms with Crippen LogP contribution in [-0.2, 0) is 12.8 Å². The molecule has 0 saturated carbocycles. The largest absolute Gasteiger partial charge is 0.239 e. The number of aromatic nitrogens is 1. The van der Waals surface area contributed by atoms with Crippen molar-refractivity contribution in [3.05, 3.63) is 51.3 Å². The van der Waals surface area contributed by atoms with Crippen molar-refractivity contribution in [2.45, 2.75) is 25.7 Å². The smallest absolute Gasteiger partial charge is 0.147 e. The molecule has 0 unspecified atom stereocenters. The van der Waals surface area contributed by atoms with Crippen molar-refractivity contribution in [1.82, 2.24) is 4.98 Å². The van der Waals surface area contributed by atoms with Gasteiger partial charge in [0.25, 0.3) is 0 Å². The molecule has 100 valence electrons. The van der Waals surface area contributed by atoms with Gasteiger partial charge in [0, 0.05) is 21.8 Å². The Balaban J connectivity index is 2.36. The second-order valence-corrected chi connectivity index (χ2v) is 5.64. The number of benzene rings is 1. The number of nitrogens with zero attached hydrogens (tertiary/aromatic N) is 2. The summed E-state index contributed by atoms with van der Waals surface area (Å²) in [5.74, 6) is 0. The van der Waals surface area contributed by atoms with E-state index in [0.717, 1.165) is 48.1 Å². The van der Waals surface area contributed by atoms with Gasteiger partial charge in [-0.25, -0.2) is 4.98 Å². The Labute approximate surface area is 128 Å². The van der Waals surface area contributed by atoms with Crippen LogP contribution < -0.4 is 0 Å². The maximum Gasteiger partial charge on any atom is 0.147 e. The minimum Gasteiger partial charge on any atom is -0.239 e. The fourth-order valence-corrected chi connectivity index (χ4v) is 3.24. The molecule has 0 spiro atoms. The van der Waals surface area contributed by atoms with E-state index in [2.05, 4.69) is 11.1 Å². The van der Waals surface area contributed by atoms with E-state index in [1.165, 1.54) is 0 Å². The number of halogens is 2. The van der Waals surface area contributed by atoms with Gasteiger partial charge in [-0.1, -0.05) is 41.4 Å². The Bertz CT molecular complexity index is 717. The van der Waals surface area contributed by atoms with E-state index in [-0.39, 0.29) is 5.15 Å². The molecule has 1 aliphatic carbocycles. The van der Waals surface area contributed by atoms with Crippen molar-refractivity contribution < 1.29 is 0 Å². The van der Waals surface area contributed by atoms with E-state index in [4.69, 9.17) is 23.2 Å². The molecule has 0 N–H and O–H groups in total. The summed E-state index contributed by atoms with van der Waals surface area (Å²) in [6.45, 7) is 0. The average Bonchev–Trinajstić information content (AvgIpc) is 2.46. The minimum absolute atomic E-state index is 0.281. The van der Waals surface area contributed by atoms with E-state index in [1.807, 2.05) is 24.3 Å². The Hall–Kier alpha value is -1.56. The van der Waals surface area contributed by atoms with Gasteiger partial charge in [0.1, 0.15) is 11.2 Å². The molecule has 0 bridgehead atoms. The maximum absolute atomic E-state index is 9.44. The van der Waals surface area contributed by atoms with Gasteiger partial charge in [-0.2, -0.15) is 5.26 Å². The molecule has 0 aliphatic heterocycles. The van der Waals surface area contributed by atoms with Crippen LogP contribution in [0.25, 0.3) is 11.1 Å². The summed E-state index contributed by atoms with van der Waals surface area (Å²) in [5, 5.41) is 10.4. The number of fused-ring (bicyclic) bond motifs is 1. The molecule has 4 heteroatoms. The molecule has 3 rings (SSSR count). The van der Waals surface area contributed by atoms with Gasteiger partial charge in [-0.05, 0) is 37.3 Å². The van der Waals surface area contributed by atoms with Crippen molar-refractivity contribution >= 4 is 23.2 Å². The predicted octanol–water partition coefficient (Wildman–Crippen LogP) is 4.81. The zero-order valence-electron chi connectivity index (χ0n) is 10.8. The van der Waals surface area contributed by atoms with Crippen molar-refractivity contribution in [3.63, 3.8) is 0 Å². The van der Waals surface area contributed by atoms with Crippen molar-refractivity contribution in [3.8, 4) is 17.2 Å². The third-order valence-corrected chi connectivity index (χ3v) is 4.29. The molecule has 2 aromatic rings. The topological polar surface area (TPSA) is 36.7 Å². The molecule has 1 aromatic heterocycles. The van der Waals surface area contributed by atoms with Crippen LogP contribution in [0, 0.1) is 11.3 Å². The number of hydrogen-bond donors (Lipinski definition) is 0. The van der Waals surface area contributed by atoms with Gasteiger partial charge in [0.15, 0.2) is 0 Å². The third-order valence-electron chi connectivity index (χ3n) is 3.68. The highest BCUT2D eigenvalue weighted by Crippen LogP contribution is 2.39. The summed E-state index contributed by atoms with van der Waals surface area (Å²) in [7, 11) is 0. The molecule has 0 radical (unpaired) electrons. The summed E-state index contributed by atoms with van der Waals surface area (Å²) in [5.41, 5.74) is 4.31. The molecular weight excluding hydrogens is 291 g/mol. The molecule has 0 atom stereocenters. The number of rotatable bonds is 1. The van der Waals surface area contributed by atoms with Crippen LogP contribution in [0.15, 0.2) is 24.3 Å². The molecule has 1 heterocycles. The second kappa shape index (κ2) is 5.44. The highest BCUT2D eigenvalue weighted by atomic mass is 35.5. The van der Waals surface area contributed by atoms with Gasteiger partial charge in [0.2, 0.25) is 0 Å². The van der Waals surface area contributed by atoms with Gasteiger partial charge >= 0.3 is 0 Å². The Morgan fingerprint density at radius 2 is 1.85 bits per heavy atom. The van der Waals surface area contributed by atoms with E-state index in [0.29, 0.717) is 10.6 Å². The quantitative estimate of drug-likeness (QED) is 0.709. The predicted molar refractivity (Wildman–Crippen MR) is 81.1 cm³/mol. The lowest BCUT2D eigenvalue weighted by Crippen LogP contribution is -2.09. The highest BCUT2D eigenvalue weighted by molar-refractivity contribution is 6.34. The molecular formula is C16H12Cl2N2. The molecule has 1 aliphatic rings. The first-order valence-electron chi connectivity index (χ1n) is 6.58. The van der Waals surface area contributed by atoms with Crippen LogP contribution in [-0.4, -0.2) is 4.98 Å². The van der Waals surface area contributed by atoms with Gasteiger partial charge in [0.05, 0.1) is 5.56 Å². The minimum atomic E-state index is 0.281. The number of nitriles is 1. The van der Waals surface area contributed by atoms with Gasteiger partial charge < -0.3 is 0 Å². The highest BCUT2D eigenvalue weighted by Gasteiger charge is 2.23. The third kappa shape index (κ3) is 2.18. The summed E-state index contributed by atoms with van der Waals surface area (Å²) < 4.78 is 0. The van der Waals surface area contributed by atoms with Crippen molar-refractivity contribution in [2.75, 3.05) is 0 Å². The normalized spacial score (nSPS) is 13.7. The lowest BCUT2D eigenvalue weighted by Gasteiger charge is -2.21. The standard InChI is InChI=1S/C16H12Cl2N2/c17-13-7-3-1-5-10(13)15-11-6-2-4-8-14(11)20-16(18)12(15)9-19/h1,3,5,7H,2,4,6,8H2. The van der Waals surface area contributed by atoms with Crippen molar-refractivity contribution in [1.29, 1.82) is 5.26 Å². The first-order chi connectivity index (χ1) is 9.72. The summed E-state index contributed by atoms with van der Waals surface area (Å²) in [4.78, 5) is 4.40. The molecule has 0 amide bonds. The maximum atomic E-state index is 9.44. The molecule has 0 fully saturated rings. The lowest BCUT2D eigenvalue weighted by molar-refractivity contribution is 0.669. The summed E-state index contributed by atoms with van der Waals surface area (Å²) in [6.07, 6.45) is 4.07. The van der Waals surface area contributed by atoms with Crippen LogP contribution in [0.4, 0.5) is 0 Å². The van der Waals surface area contributed by atoms with Gasteiger partial charge in [-0.15, -0.1) is 0 Å². The Morgan fingerprint density at radius 1 is 1.10 bits per heavy atom. The second-order valence-electron chi connectivity index (χ2n) is 4.88. The van der Waals surface area contributed by atoms with Crippen LogP contribution >= 0.6 is 23.2 Å². The fraction of sp³-hybridized carbons (Fsp3) is 0.250. The van der Waals surface area contributed by atoms with E-state index in [1.54, 1.807) is 0 Å². The summed E-state index contributed by atoms with van der Waals surface area (Å²) >= 11 is 12.5. The van der Waals surface area contributed by atoms with Crippen LogP contribution in [0.3, 0.4) is 0 Å². The first-order valence-corrected chi connectivity index (χ1v) is 7.34. The zero-order chi connectivity index (χ0) is 14.1. The molecule has 0 saturated heterocycles. The monoisotopic (exact) mass is 302 g/mol. The zero-order valence-corrected chi connectivity index (χ0v) is 12.3. The van der Waals surface area contributed by atoms with Crippen LogP contribution in [0.5, 0.6) is 0 Å². The van der Waals surface area contributed by atoms with Crippen LogP contribution in [0.2, 0.25) is 10.2 Å².